The number of phenols is 1. The van der Waals surface area contributed by atoms with Crippen molar-refractivity contribution >= 4 is 33.0 Å². The lowest BCUT2D eigenvalue weighted by molar-refractivity contribution is 0.104. The molecule has 0 fully saturated rings. The molecule has 0 aliphatic rings. The average molecular weight is 339 g/mol. The minimum atomic E-state index is -0.198. The number of hydrogen-bond donors (Lipinski definition) is 1. The number of aromatic hydroxyl groups is 1. The zero-order valence-corrected chi connectivity index (χ0v) is 13.4. The van der Waals surface area contributed by atoms with Crippen molar-refractivity contribution < 1.29 is 9.90 Å². The molecular formula is C15H15BrO2S. The Kier molecular flexibility index (Phi) is 3.83. The van der Waals surface area contributed by atoms with Crippen LogP contribution in [0.4, 0.5) is 0 Å². The van der Waals surface area contributed by atoms with Crippen LogP contribution in [0, 0.1) is 0 Å². The molecule has 0 spiro atoms. The van der Waals surface area contributed by atoms with E-state index in [2.05, 4.69) is 15.9 Å². The summed E-state index contributed by atoms with van der Waals surface area (Å²) in [5.74, 6) is 0.220. The van der Waals surface area contributed by atoms with E-state index < -0.39 is 0 Å². The number of halogens is 1. The second-order valence-corrected chi connectivity index (χ2v) is 7.88. The fourth-order valence-corrected chi connectivity index (χ4v) is 3.20. The predicted molar refractivity (Wildman–Crippen MR) is 82.3 cm³/mol. The number of hydrogen-bond acceptors (Lipinski definition) is 3. The molecule has 0 saturated carbocycles. The number of carbonyl (C=O) groups is 1. The first-order valence-corrected chi connectivity index (χ1v) is 7.53. The van der Waals surface area contributed by atoms with Gasteiger partial charge in [0, 0.05) is 5.56 Å². The second-order valence-electron chi connectivity index (χ2n) is 5.41. The number of rotatable bonds is 2. The fraction of sp³-hybridized carbons (Fsp3) is 0.267. The zero-order valence-electron chi connectivity index (χ0n) is 11.0. The fourth-order valence-electron chi connectivity index (χ4n) is 1.86. The molecule has 1 aromatic heterocycles. The first kappa shape index (κ1) is 14.3. The molecule has 0 atom stereocenters. The highest BCUT2D eigenvalue weighted by Crippen LogP contribution is 2.32. The Labute approximate surface area is 125 Å². The molecular weight excluding hydrogens is 324 g/mol. The molecule has 19 heavy (non-hydrogen) atoms. The highest BCUT2D eigenvalue weighted by molar-refractivity contribution is 9.11. The van der Waals surface area contributed by atoms with E-state index in [1.165, 1.54) is 11.3 Å². The van der Waals surface area contributed by atoms with E-state index in [0.717, 1.165) is 9.35 Å². The first-order chi connectivity index (χ1) is 8.79. The number of carbonyl (C=O) groups excluding carboxylic acids is 1. The standard InChI is InChI=1S/C15H15BrO2S/c1-15(2,3)10-8-9(4-5-11(10)17)14(18)12-6-7-13(16)19-12/h4-8,17H,1-3H3. The molecule has 2 rings (SSSR count). The number of phenolic OH excluding ortho intramolecular Hbond substituents is 1. The smallest absolute Gasteiger partial charge is 0.202 e. The Morgan fingerprint density at radius 2 is 1.89 bits per heavy atom. The van der Waals surface area contributed by atoms with Gasteiger partial charge in [-0.3, -0.25) is 4.79 Å². The maximum absolute atomic E-state index is 12.4. The SMILES string of the molecule is CC(C)(C)c1cc(C(=O)c2ccc(Br)s2)ccc1O. The Morgan fingerprint density at radius 1 is 1.21 bits per heavy atom. The molecule has 0 aliphatic heterocycles. The molecule has 1 heterocycles. The van der Waals surface area contributed by atoms with Crippen molar-refractivity contribution in [1.82, 2.24) is 0 Å². The predicted octanol–water partition coefficient (Wildman–Crippen LogP) is 4.74. The van der Waals surface area contributed by atoms with Gasteiger partial charge in [0.25, 0.3) is 0 Å². The summed E-state index contributed by atoms with van der Waals surface area (Å²) < 4.78 is 0.936. The molecule has 0 aliphatic carbocycles. The van der Waals surface area contributed by atoms with Crippen molar-refractivity contribution in [2.75, 3.05) is 0 Å². The summed E-state index contributed by atoms with van der Waals surface area (Å²) in [5, 5.41) is 9.91. The van der Waals surface area contributed by atoms with E-state index in [0.29, 0.717) is 10.4 Å². The molecule has 0 radical (unpaired) electrons. The van der Waals surface area contributed by atoms with Crippen LogP contribution in [0.25, 0.3) is 0 Å². The van der Waals surface area contributed by atoms with Crippen LogP contribution in [0.3, 0.4) is 0 Å². The lowest BCUT2D eigenvalue weighted by Crippen LogP contribution is -2.12. The number of thiophene rings is 1. The molecule has 0 saturated heterocycles. The molecule has 0 amide bonds. The van der Waals surface area contributed by atoms with Gasteiger partial charge in [-0.15, -0.1) is 11.3 Å². The summed E-state index contributed by atoms with van der Waals surface area (Å²) in [7, 11) is 0. The van der Waals surface area contributed by atoms with Crippen LogP contribution < -0.4 is 0 Å². The average Bonchev–Trinajstić information content (AvgIpc) is 2.74. The summed E-state index contributed by atoms with van der Waals surface area (Å²) in [4.78, 5) is 13.1. The molecule has 1 N–H and O–H groups in total. The van der Waals surface area contributed by atoms with Gasteiger partial charge >= 0.3 is 0 Å². The van der Waals surface area contributed by atoms with Gasteiger partial charge in [-0.05, 0) is 57.2 Å². The number of ketones is 1. The summed E-state index contributed by atoms with van der Waals surface area (Å²) in [6.07, 6.45) is 0. The maximum atomic E-state index is 12.4. The van der Waals surface area contributed by atoms with Crippen LogP contribution in [0.2, 0.25) is 0 Å². The summed E-state index contributed by atoms with van der Waals surface area (Å²) >= 11 is 4.77. The van der Waals surface area contributed by atoms with Gasteiger partial charge in [0.05, 0.1) is 8.66 Å². The summed E-state index contributed by atoms with van der Waals surface area (Å²) in [5.41, 5.74) is 1.20. The van der Waals surface area contributed by atoms with Gasteiger partial charge in [0.15, 0.2) is 0 Å². The lowest BCUT2D eigenvalue weighted by atomic mass is 9.85. The van der Waals surface area contributed by atoms with Gasteiger partial charge in [0.2, 0.25) is 5.78 Å². The summed E-state index contributed by atoms with van der Waals surface area (Å²) in [6, 6.07) is 8.71. The van der Waals surface area contributed by atoms with Crippen LogP contribution in [0.15, 0.2) is 34.1 Å². The van der Waals surface area contributed by atoms with Crippen molar-refractivity contribution in [3.05, 3.63) is 50.1 Å². The zero-order chi connectivity index (χ0) is 14.2. The van der Waals surface area contributed by atoms with Crippen LogP contribution in [0.1, 0.15) is 41.6 Å². The van der Waals surface area contributed by atoms with E-state index in [9.17, 15) is 9.90 Å². The molecule has 4 heteroatoms. The van der Waals surface area contributed by atoms with Crippen LogP contribution in [-0.2, 0) is 5.41 Å². The third-order valence-corrected chi connectivity index (χ3v) is 4.49. The number of benzene rings is 1. The maximum Gasteiger partial charge on any atom is 0.202 e. The van der Waals surface area contributed by atoms with Gasteiger partial charge in [-0.25, -0.2) is 0 Å². The largest absolute Gasteiger partial charge is 0.508 e. The second kappa shape index (κ2) is 5.10. The van der Waals surface area contributed by atoms with Gasteiger partial charge in [-0.2, -0.15) is 0 Å². The van der Waals surface area contributed by atoms with Gasteiger partial charge in [0.1, 0.15) is 5.75 Å². The van der Waals surface area contributed by atoms with Crippen molar-refractivity contribution in [2.45, 2.75) is 26.2 Å². The molecule has 2 nitrogen and oxygen atoms in total. The Morgan fingerprint density at radius 3 is 2.42 bits per heavy atom. The Balaban J connectivity index is 2.44. The van der Waals surface area contributed by atoms with E-state index in [1.807, 2.05) is 26.8 Å². The van der Waals surface area contributed by atoms with Crippen LogP contribution >= 0.6 is 27.3 Å². The molecule has 100 valence electrons. The van der Waals surface area contributed by atoms with Gasteiger partial charge in [-0.1, -0.05) is 20.8 Å². The van der Waals surface area contributed by atoms with Crippen molar-refractivity contribution in [1.29, 1.82) is 0 Å². The van der Waals surface area contributed by atoms with E-state index in [1.54, 1.807) is 24.3 Å². The van der Waals surface area contributed by atoms with Crippen molar-refractivity contribution in [2.24, 2.45) is 0 Å². The van der Waals surface area contributed by atoms with Crippen LogP contribution in [0.5, 0.6) is 5.75 Å². The Bertz CT molecular complexity index is 623. The molecule has 0 unspecified atom stereocenters. The minimum Gasteiger partial charge on any atom is -0.508 e. The normalized spacial score (nSPS) is 11.6. The third-order valence-electron chi connectivity index (χ3n) is 2.86. The van der Waals surface area contributed by atoms with Crippen molar-refractivity contribution in [3.8, 4) is 5.75 Å². The third kappa shape index (κ3) is 3.07. The molecule has 2 aromatic rings. The Hall–Kier alpha value is -1.13. The van der Waals surface area contributed by atoms with E-state index >= 15 is 0 Å². The quantitative estimate of drug-likeness (QED) is 0.802. The first-order valence-electron chi connectivity index (χ1n) is 5.92. The molecule has 0 bridgehead atoms. The van der Waals surface area contributed by atoms with Crippen molar-refractivity contribution in [3.63, 3.8) is 0 Å². The minimum absolute atomic E-state index is 0.0128. The highest BCUT2D eigenvalue weighted by atomic mass is 79.9. The topological polar surface area (TPSA) is 37.3 Å². The molecule has 1 aromatic carbocycles. The van der Waals surface area contributed by atoms with E-state index in [-0.39, 0.29) is 16.9 Å². The van der Waals surface area contributed by atoms with E-state index in [4.69, 9.17) is 0 Å². The van der Waals surface area contributed by atoms with Crippen LogP contribution in [-0.4, -0.2) is 10.9 Å². The van der Waals surface area contributed by atoms with Gasteiger partial charge < -0.3 is 5.11 Å². The lowest BCUT2D eigenvalue weighted by Gasteiger charge is -2.20. The summed E-state index contributed by atoms with van der Waals surface area (Å²) in [6.45, 7) is 6.04. The highest BCUT2D eigenvalue weighted by Gasteiger charge is 2.20. The monoisotopic (exact) mass is 338 g/mol.